The number of amides is 3. The van der Waals surface area contributed by atoms with Gasteiger partial charge in [0, 0.05) is 11.6 Å². The lowest BCUT2D eigenvalue weighted by molar-refractivity contribution is 0.0935. The second-order valence-corrected chi connectivity index (χ2v) is 5.16. The number of ether oxygens (including phenoxy) is 3. The van der Waals surface area contributed by atoms with Crippen LogP contribution >= 0.6 is 0 Å². The van der Waals surface area contributed by atoms with Gasteiger partial charge < -0.3 is 19.5 Å². The Morgan fingerprint density at radius 2 is 1.62 bits per heavy atom. The van der Waals surface area contributed by atoms with Crippen LogP contribution < -0.4 is 30.4 Å². The van der Waals surface area contributed by atoms with Crippen LogP contribution in [-0.4, -0.2) is 39.3 Å². The number of hydrogen-bond donors (Lipinski definition) is 3. The summed E-state index contributed by atoms with van der Waals surface area (Å²) in [6, 6.07) is 2.54. The summed E-state index contributed by atoms with van der Waals surface area (Å²) in [5.41, 5.74) is 4.90. The van der Waals surface area contributed by atoms with Crippen LogP contribution in [0.4, 0.5) is 4.79 Å². The molecule has 3 amide bonds. The first-order valence-electron chi connectivity index (χ1n) is 7.63. The largest absolute Gasteiger partial charge is 0.493 e. The number of hydrogen-bond acceptors (Lipinski definition) is 5. The van der Waals surface area contributed by atoms with E-state index in [9.17, 15) is 9.59 Å². The molecule has 8 heteroatoms. The van der Waals surface area contributed by atoms with E-state index in [-0.39, 0.29) is 11.6 Å². The average Bonchev–Trinajstić information content (AvgIpc) is 2.58. The van der Waals surface area contributed by atoms with Gasteiger partial charge in [-0.05, 0) is 25.5 Å². The summed E-state index contributed by atoms with van der Waals surface area (Å²) in [7, 11) is 4.39. The number of carbonyl (C=O) groups is 2. The summed E-state index contributed by atoms with van der Waals surface area (Å²) in [5.74, 6) is 0.578. The standard InChI is InChI=1S/C16H25N3O5/c1-6-7-10(2)17-16(21)19-18-15(20)11-8-12(22-3)14(24-5)13(9-11)23-4/h8-10H,6-7H2,1-5H3,(H,18,20)(H2,17,19,21). The highest BCUT2D eigenvalue weighted by Crippen LogP contribution is 2.38. The number of carbonyl (C=O) groups excluding carboxylic acids is 2. The normalized spacial score (nSPS) is 11.2. The predicted molar refractivity (Wildman–Crippen MR) is 89.6 cm³/mol. The van der Waals surface area contributed by atoms with Gasteiger partial charge in [0.1, 0.15) is 0 Å². The van der Waals surface area contributed by atoms with Crippen LogP contribution in [0, 0.1) is 0 Å². The molecular weight excluding hydrogens is 314 g/mol. The Morgan fingerprint density at radius 3 is 2.08 bits per heavy atom. The van der Waals surface area contributed by atoms with Crippen molar-refractivity contribution >= 4 is 11.9 Å². The van der Waals surface area contributed by atoms with Crippen molar-refractivity contribution in [3.05, 3.63) is 17.7 Å². The Balaban J connectivity index is 2.76. The van der Waals surface area contributed by atoms with Gasteiger partial charge in [-0.2, -0.15) is 0 Å². The van der Waals surface area contributed by atoms with Crippen LogP contribution in [0.3, 0.4) is 0 Å². The van der Waals surface area contributed by atoms with Crippen molar-refractivity contribution in [2.24, 2.45) is 0 Å². The molecule has 0 saturated carbocycles. The zero-order chi connectivity index (χ0) is 18.1. The summed E-state index contributed by atoms with van der Waals surface area (Å²) in [6.45, 7) is 3.92. The van der Waals surface area contributed by atoms with Gasteiger partial charge in [-0.3, -0.25) is 10.2 Å². The van der Waals surface area contributed by atoms with E-state index >= 15 is 0 Å². The number of hydrazine groups is 1. The fraction of sp³-hybridized carbons (Fsp3) is 0.500. The molecule has 0 heterocycles. The highest BCUT2D eigenvalue weighted by molar-refractivity contribution is 5.96. The van der Waals surface area contributed by atoms with Crippen molar-refractivity contribution in [3.8, 4) is 17.2 Å². The lowest BCUT2D eigenvalue weighted by atomic mass is 10.1. The van der Waals surface area contributed by atoms with Crippen LogP contribution in [-0.2, 0) is 0 Å². The highest BCUT2D eigenvalue weighted by Gasteiger charge is 2.17. The second kappa shape index (κ2) is 9.49. The maximum atomic E-state index is 12.2. The fourth-order valence-electron chi connectivity index (χ4n) is 2.16. The summed E-state index contributed by atoms with van der Waals surface area (Å²) < 4.78 is 15.6. The Kier molecular flexibility index (Phi) is 7.67. The first kappa shape index (κ1) is 19.4. The van der Waals surface area contributed by atoms with E-state index in [1.165, 1.54) is 33.5 Å². The Morgan fingerprint density at radius 1 is 1.04 bits per heavy atom. The average molecular weight is 339 g/mol. The maximum Gasteiger partial charge on any atom is 0.333 e. The molecule has 0 fully saturated rings. The van der Waals surface area contributed by atoms with E-state index in [4.69, 9.17) is 14.2 Å². The third-order valence-corrected chi connectivity index (χ3v) is 3.32. The van der Waals surface area contributed by atoms with Crippen LogP contribution in [0.5, 0.6) is 17.2 Å². The molecule has 0 spiro atoms. The lowest BCUT2D eigenvalue weighted by Gasteiger charge is -2.15. The van der Waals surface area contributed by atoms with Crippen LogP contribution in [0.15, 0.2) is 12.1 Å². The van der Waals surface area contributed by atoms with E-state index in [1.807, 2.05) is 13.8 Å². The smallest absolute Gasteiger partial charge is 0.333 e. The van der Waals surface area contributed by atoms with E-state index in [0.717, 1.165) is 12.8 Å². The summed E-state index contributed by atoms with van der Waals surface area (Å²) in [5, 5.41) is 2.72. The van der Waals surface area contributed by atoms with E-state index in [0.29, 0.717) is 17.2 Å². The molecule has 134 valence electrons. The van der Waals surface area contributed by atoms with Crippen molar-refractivity contribution in [2.75, 3.05) is 21.3 Å². The Bertz CT molecular complexity index is 552. The van der Waals surface area contributed by atoms with Crippen LogP contribution in [0.25, 0.3) is 0 Å². The molecule has 1 aromatic rings. The number of rotatable bonds is 7. The molecule has 0 aliphatic rings. The summed E-state index contributed by atoms with van der Waals surface area (Å²) in [4.78, 5) is 23.9. The van der Waals surface area contributed by atoms with E-state index < -0.39 is 11.9 Å². The van der Waals surface area contributed by atoms with Crippen molar-refractivity contribution in [2.45, 2.75) is 32.7 Å². The minimum Gasteiger partial charge on any atom is -0.493 e. The van der Waals surface area contributed by atoms with Gasteiger partial charge in [0.2, 0.25) is 5.75 Å². The van der Waals surface area contributed by atoms with Crippen LogP contribution in [0.1, 0.15) is 37.0 Å². The van der Waals surface area contributed by atoms with Gasteiger partial charge >= 0.3 is 6.03 Å². The minimum absolute atomic E-state index is 0.0214. The molecule has 0 aliphatic heterocycles. The van der Waals surface area contributed by atoms with Crippen molar-refractivity contribution in [1.82, 2.24) is 16.2 Å². The molecule has 0 aliphatic carbocycles. The van der Waals surface area contributed by atoms with Crippen molar-refractivity contribution < 1.29 is 23.8 Å². The van der Waals surface area contributed by atoms with Gasteiger partial charge in [-0.1, -0.05) is 13.3 Å². The molecule has 0 bridgehead atoms. The third kappa shape index (κ3) is 5.22. The van der Waals surface area contributed by atoms with Gasteiger partial charge in [-0.15, -0.1) is 0 Å². The zero-order valence-corrected chi connectivity index (χ0v) is 14.7. The quantitative estimate of drug-likeness (QED) is 0.659. The van der Waals surface area contributed by atoms with Gasteiger partial charge in [-0.25, -0.2) is 10.2 Å². The Hall–Kier alpha value is -2.64. The molecule has 1 aromatic carbocycles. The second-order valence-electron chi connectivity index (χ2n) is 5.16. The molecule has 1 atom stereocenters. The minimum atomic E-state index is -0.507. The van der Waals surface area contributed by atoms with E-state index in [2.05, 4.69) is 16.2 Å². The number of urea groups is 1. The lowest BCUT2D eigenvalue weighted by Crippen LogP contribution is -2.49. The molecule has 0 radical (unpaired) electrons. The third-order valence-electron chi connectivity index (χ3n) is 3.32. The molecule has 0 aromatic heterocycles. The monoisotopic (exact) mass is 339 g/mol. The number of methoxy groups -OCH3 is 3. The number of nitrogens with one attached hydrogen (secondary N) is 3. The zero-order valence-electron chi connectivity index (χ0n) is 14.7. The molecular formula is C16H25N3O5. The predicted octanol–water partition coefficient (Wildman–Crippen LogP) is 1.84. The highest BCUT2D eigenvalue weighted by atomic mass is 16.5. The SMILES string of the molecule is CCCC(C)NC(=O)NNC(=O)c1cc(OC)c(OC)c(OC)c1. The first-order valence-corrected chi connectivity index (χ1v) is 7.63. The topological polar surface area (TPSA) is 97.9 Å². The van der Waals surface area contributed by atoms with Gasteiger partial charge in [0.15, 0.2) is 11.5 Å². The van der Waals surface area contributed by atoms with Gasteiger partial charge in [0.25, 0.3) is 5.91 Å². The van der Waals surface area contributed by atoms with Gasteiger partial charge in [0.05, 0.1) is 21.3 Å². The van der Waals surface area contributed by atoms with Crippen molar-refractivity contribution in [1.29, 1.82) is 0 Å². The molecule has 3 N–H and O–H groups in total. The molecule has 8 nitrogen and oxygen atoms in total. The van der Waals surface area contributed by atoms with Crippen LogP contribution in [0.2, 0.25) is 0 Å². The van der Waals surface area contributed by atoms with E-state index in [1.54, 1.807) is 0 Å². The summed E-state index contributed by atoms with van der Waals surface area (Å²) >= 11 is 0. The van der Waals surface area contributed by atoms with Crippen molar-refractivity contribution in [3.63, 3.8) is 0 Å². The molecule has 24 heavy (non-hydrogen) atoms. The fourth-order valence-corrected chi connectivity index (χ4v) is 2.16. The Labute approximate surface area is 141 Å². The first-order chi connectivity index (χ1) is 11.5. The molecule has 1 rings (SSSR count). The molecule has 0 saturated heterocycles. The number of benzene rings is 1. The summed E-state index contributed by atoms with van der Waals surface area (Å²) in [6.07, 6.45) is 1.81. The maximum absolute atomic E-state index is 12.2. The molecule has 1 unspecified atom stereocenters.